The van der Waals surface area contributed by atoms with E-state index in [1.54, 1.807) is 0 Å². The molecule has 0 saturated heterocycles. The minimum absolute atomic E-state index is 0.00494. The first-order valence-corrected chi connectivity index (χ1v) is 8.19. The molecule has 3 nitrogen and oxygen atoms in total. The van der Waals surface area contributed by atoms with Crippen LogP contribution in [-0.2, 0) is 4.79 Å². The minimum Gasteiger partial charge on any atom is -0.302 e. The van der Waals surface area contributed by atoms with Gasteiger partial charge in [0.25, 0.3) is 0 Å². The average Bonchev–Trinajstić information content (AvgIpc) is 2.96. The van der Waals surface area contributed by atoms with Crippen molar-refractivity contribution in [3.63, 3.8) is 0 Å². The van der Waals surface area contributed by atoms with Crippen molar-refractivity contribution in [2.45, 2.75) is 20.8 Å². The lowest BCUT2D eigenvalue weighted by Crippen LogP contribution is -2.17. The summed E-state index contributed by atoms with van der Waals surface area (Å²) >= 11 is 1.46. The minimum atomic E-state index is -0.0486. The number of fused-ring (bicyclic) bond motifs is 1. The van der Waals surface area contributed by atoms with Crippen LogP contribution in [0.25, 0.3) is 22.0 Å². The highest BCUT2D eigenvalue weighted by atomic mass is 32.1. The number of amides is 1. The normalized spacial score (nSPS) is 11.1. The summed E-state index contributed by atoms with van der Waals surface area (Å²) in [5.74, 6) is -0.0535. The predicted octanol–water partition coefficient (Wildman–Crippen LogP) is 4.87. The van der Waals surface area contributed by atoms with E-state index < -0.39 is 0 Å². The van der Waals surface area contributed by atoms with Gasteiger partial charge in [-0.2, -0.15) is 0 Å². The number of hydrogen-bond acceptors (Lipinski definition) is 3. The number of nitrogens with one attached hydrogen (secondary N) is 1. The summed E-state index contributed by atoms with van der Waals surface area (Å²) in [7, 11) is 0. The molecule has 1 heterocycles. The Morgan fingerprint density at radius 2 is 1.86 bits per heavy atom. The van der Waals surface area contributed by atoms with Gasteiger partial charge in [-0.15, -0.1) is 11.3 Å². The second kappa shape index (κ2) is 5.89. The van der Waals surface area contributed by atoms with E-state index in [9.17, 15) is 4.79 Å². The molecule has 3 aromatic rings. The highest BCUT2D eigenvalue weighted by Crippen LogP contribution is 2.32. The number of thiazole rings is 1. The van der Waals surface area contributed by atoms with Crippen LogP contribution in [0.5, 0.6) is 0 Å². The number of aromatic nitrogens is 1. The quantitative estimate of drug-likeness (QED) is 0.750. The summed E-state index contributed by atoms with van der Waals surface area (Å²) in [4.78, 5) is 16.3. The van der Waals surface area contributed by atoms with E-state index in [0.717, 1.165) is 11.3 Å². The topological polar surface area (TPSA) is 42.0 Å². The Morgan fingerprint density at radius 1 is 1.14 bits per heavy atom. The fourth-order valence-electron chi connectivity index (χ4n) is 2.38. The first-order valence-electron chi connectivity index (χ1n) is 7.31. The molecule has 0 fully saturated rings. The Balaban J connectivity index is 2.01. The summed E-state index contributed by atoms with van der Waals surface area (Å²) < 4.78 is 0. The molecule has 0 aliphatic carbocycles. The van der Waals surface area contributed by atoms with Gasteiger partial charge in [-0.1, -0.05) is 50.2 Å². The fraction of sp³-hybridized carbons (Fsp3) is 0.222. The van der Waals surface area contributed by atoms with Gasteiger partial charge in [-0.05, 0) is 23.3 Å². The molecule has 112 valence electrons. The molecular formula is C18H18N2OS. The molecule has 0 aliphatic heterocycles. The molecule has 22 heavy (non-hydrogen) atoms. The number of benzene rings is 2. The van der Waals surface area contributed by atoms with Crippen LogP contribution in [0.2, 0.25) is 0 Å². The standard InChI is InChI=1S/C18H18N2OS/c1-11(2)17(21)20-18-19-16(10-22-18)15-9-8-12(3)13-6-4-5-7-14(13)15/h4-11H,1-3H3,(H,19,20,21). The van der Waals surface area contributed by atoms with Crippen molar-refractivity contribution in [3.05, 3.63) is 47.3 Å². The average molecular weight is 310 g/mol. The third kappa shape index (κ3) is 2.74. The number of carbonyl (C=O) groups is 1. The fourth-order valence-corrected chi connectivity index (χ4v) is 3.09. The van der Waals surface area contributed by atoms with Gasteiger partial charge in [0.1, 0.15) is 0 Å². The van der Waals surface area contributed by atoms with E-state index >= 15 is 0 Å². The summed E-state index contributed by atoms with van der Waals surface area (Å²) in [5, 5.41) is 7.93. The van der Waals surface area contributed by atoms with Gasteiger partial charge in [0.2, 0.25) is 5.91 Å². The number of anilines is 1. The van der Waals surface area contributed by atoms with Crippen LogP contribution < -0.4 is 5.32 Å². The third-order valence-corrected chi connectivity index (χ3v) is 4.43. The zero-order valence-electron chi connectivity index (χ0n) is 12.9. The van der Waals surface area contributed by atoms with Gasteiger partial charge in [-0.3, -0.25) is 4.79 Å². The van der Waals surface area contributed by atoms with Gasteiger partial charge in [0.15, 0.2) is 5.13 Å². The zero-order chi connectivity index (χ0) is 15.7. The maximum absolute atomic E-state index is 11.8. The van der Waals surface area contributed by atoms with Crippen LogP contribution in [0.15, 0.2) is 41.8 Å². The molecule has 0 unspecified atom stereocenters. The van der Waals surface area contributed by atoms with Gasteiger partial charge in [-0.25, -0.2) is 4.98 Å². The van der Waals surface area contributed by atoms with Crippen LogP contribution in [-0.4, -0.2) is 10.9 Å². The van der Waals surface area contributed by atoms with E-state index in [1.807, 2.05) is 25.3 Å². The van der Waals surface area contributed by atoms with Gasteiger partial charge in [0, 0.05) is 16.9 Å². The Hall–Kier alpha value is -2.20. The molecule has 1 N–H and O–H groups in total. The van der Waals surface area contributed by atoms with Gasteiger partial charge in [0.05, 0.1) is 5.69 Å². The SMILES string of the molecule is Cc1ccc(-c2csc(NC(=O)C(C)C)n2)c2ccccc12. The molecule has 0 radical (unpaired) electrons. The number of hydrogen-bond donors (Lipinski definition) is 1. The lowest BCUT2D eigenvalue weighted by atomic mass is 9.99. The highest BCUT2D eigenvalue weighted by Gasteiger charge is 2.12. The summed E-state index contributed by atoms with van der Waals surface area (Å²) in [6.45, 7) is 5.86. The largest absolute Gasteiger partial charge is 0.302 e. The summed E-state index contributed by atoms with van der Waals surface area (Å²) in [6, 6.07) is 12.5. The first kappa shape index (κ1) is 14.7. The lowest BCUT2D eigenvalue weighted by Gasteiger charge is -2.07. The Morgan fingerprint density at radius 3 is 2.59 bits per heavy atom. The van der Waals surface area contributed by atoms with Crippen molar-refractivity contribution in [1.82, 2.24) is 4.98 Å². The van der Waals surface area contributed by atoms with Crippen molar-refractivity contribution in [3.8, 4) is 11.3 Å². The van der Waals surface area contributed by atoms with E-state index in [2.05, 4.69) is 47.6 Å². The Labute approximate surface area is 134 Å². The van der Waals surface area contributed by atoms with Gasteiger partial charge < -0.3 is 5.32 Å². The number of rotatable bonds is 3. The summed E-state index contributed by atoms with van der Waals surface area (Å²) in [5.41, 5.74) is 3.26. The maximum Gasteiger partial charge on any atom is 0.228 e. The second-order valence-electron chi connectivity index (χ2n) is 5.66. The number of aryl methyl sites for hydroxylation is 1. The summed E-state index contributed by atoms with van der Waals surface area (Å²) in [6.07, 6.45) is 0. The van der Waals surface area contributed by atoms with Crippen LogP contribution in [0.4, 0.5) is 5.13 Å². The molecule has 2 aromatic carbocycles. The van der Waals surface area contributed by atoms with Crippen LogP contribution >= 0.6 is 11.3 Å². The van der Waals surface area contributed by atoms with E-state index in [4.69, 9.17) is 0 Å². The van der Waals surface area contributed by atoms with Crippen molar-refractivity contribution < 1.29 is 4.79 Å². The molecular weight excluding hydrogens is 292 g/mol. The highest BCUT2D eigenvalue weighted by molar-refractivity contribution is 7.14. The van der Waals surface area contributed by atoms with E-state index in [1.165, 1.54) is 27.7 Å². The predicted molar refractivity (Wildman–Crippen MR) is 93.3 cm³/mol. The second-order valence-corrected chi connectivity index (χ2v) is 6.52. The smallest absolute Gasteiger partial charge is 0.228 e. The molecule has 4 heteroatoms. The zero-order valence-corrected chi connectivity index (χ0v) is 13.7. The van der Waals surface area contributed by atoms with Crippen molar-refractivity contribution in [2.24, 2.45) is 5.92 Å². The molecule has 1 aromatic heterocycles. The molecule has 0 spiro atoms. The molecule has 0 aliphatic rings. The van der Waals surface area contributed by atoms with E-state index in [0.29, 0.717) is 5.13 Å². The number of nitrogens with zero attached hydrogens (tertiary/aromatic N) is 1. The van der Waals surface area contributed by atoms with Crippen LogP contribution in [0.1, 0.15) is 19.4 Å². The van der Waals surface area contributed by atoms with Gasteiger partial charge >= 0.3 is 0 Å². The Kier molecular flexibility index (Phi) is 3.94. The lowest BCUT2D eigenvalue weighted by molar-refractivity contribution is -0.118. The molecule has 1 amide bonds. The van der Waals surface area contributed by atoms with Crippen molar-refractivity contribution in [2.75, 3.05) is 5.32 Å². The first-order chi connectivity index (χ1) is 10.6. The van der Waals surface area contributed by atoms with Crippen molar-refractivity contribution in [1.29, 1.82) is 0 Å². The molecule has 0 saturated carbocycles. The molecule has 0 bridgehead atoms. The monoisotopic (exact) mass is 310 g/mol. The molecule has 0 atom stereocenters. The maximum atomic E-state index is 11.8. The van der Waals surface area contributed by atoms with Crippen LogP contribution in [0, 0.1) is 12.8 Å². The van der Waals surface area contributed by atoms with Crippen LogP contribution in [0.3, 0.4) is 0 Å². The number of carbonyl (C=O) groups excluding carboxylic acids is 1. The molecule has 3 rings (SSSR count). The van der Waals surface area contributed by atoms with E-state index in [-0.39, 0.29) is 11.8 Å². The Bertz CT molecular complexity index is 836. The van der Waals surface area contributed by atoms with Crippen molar-refractivity contribution >= 4 is 33.1 Å². The third-order valence-electron chi connectivity index (χ3n) is 3.68.